The SMILES string of the molecule is O=C(COc1ccc(F)c(F)c1)NS(=O)(=O)N1CCOCC1. The van der Waals surface area contributed by atoms with E-state index in [2.05, 4.69) is 0 Å². The van der Waals surface area contributed by atoms with E-state index in [1.165, 1.54) is 0 Å². The van der Waals surface area contributed by atoms with Crippen LogP contribution in [-0.2, 0) is 19.7 Å². The molecule has 1 N–H and O–H groups in total. The molecule has 1 heterocycles. The zero-order valence-electron chi connectivity index (χ0n) is 11.4. The van der Waals surface area contributed by atoms with E-state index in [1.54, 1.807) is 0 Å². The van der Waals surface area contributed by atoms with Gasteiger partial charge in [-0.25, -0.2) is 13.5 Å². The first-order valence-electron chi connectivity index (χ1n) is 6.35. The average Bonchev–Trinajstić information content (AvgIpc) is 2.49. The molecule has 122 valence electrons. The second-order valence-electron chi connectivity index (χ2n) is 4.41. The minimum atomic E-state index is -3.96. The van der Waals surface area contributed by atoms with Crippen LogP contribution in [0.3, 0.4) is 0 Å². The normalized spacial score (nSPS) is 16.3. The molecular formula is C12H14F2N2O5S. The van der Waals surface area contributed by atoms with E-state index in [0.29, 0.717) is 0 Å². The first kappa shape index (κ1) is 16.6. The smallest absolute Gasteiger partial charge is 0.304 e. The Bertz CT molecular complexity index is 647. The first-order valence-corrected chi connectivity index (χ1v) is 7.79. The lowest BCUT2D eigenvalue weighted by molar-refractivity contribution is -0.121. The molecule has 10 heteroatoms. The summed E-state index contributed by atoms with van der Waals surface area (Å²) in [5, 5.41) is 0. The second-order valence-corrected chi connectivity index (χ2v) is 6.08. The van der Waals surface area contributed by atoms with Gasteiger partial charge in [-0.3, -0.25) is 4.79 Å². The minimum Gasteiger partial charge on any atom is -0.484 e. The van der Waals surface area contributed by atoms with Crippen molar-refractivity contribution in [2.75, 3.05) is 32.9 Å². The van der Waals surface area contributed by atoms with Gasteiger partial charge in [0.2, 0.25) is 0 Å². The van der Waals surface area contributed by atoms with Gasteiger partial charge in [-0.1, -0.05) is 0 Å². The van der Waals surface area contributed by atoms with Gasteiger partial charge in [0.15, 0.2) is 18.2 Å². The molecule has 1 aromatic rings. The quantitative estimate of drug-likeness (QED) is 0.820. The fourth-order valence-corrected chi connectivity index (χ4v) is 2.85. The molecule has 1 aliphatic rings. The van der Waals surface area contributed by atoms with Gasteiger partial charge < -0.3 is 9.47 Å². The van der Waals surface area contributed by atoms with Gasteiger partial charge in [0.25, 0.3) is 5.91 Å². The molecule has 0 spiro atoms. The van der Waals surface area contributed by atoms with Crippen molar-refractivity contribution in [3.63, 3.8) is 0 Å². The highest BCUT2D eigenvalue weighted by Crippen LogP contribution is 2.15. The predicted molar refractivity (Wildman–Crippen MR) is 71.3 cm³/mol. The number of hydrogen-bond donors (Lipinski definition) is 1. The molecule has 0 unspecified atom stereocenters. The van der Waals surface area contributed by atoms with E-state index in [-0.39, 0.29) is 32.1 Å². The van der Waals surface area contributed by atoms with Gasteiger partial charge in [0, 0.05) is 19.2 Å². The topological polar surface area (TPSA) is 84.9 Å². The van der Waals surface area contributed by atoms with Crippen LogP contribution in [0.4, 0.5) is 8.78 Å². The number of morpholine rings is 1. The highest BCUT2D eigenvalue weighted by atomic mass is 32.2. The third-order valence-corrected chi connectivity index (χ3v) is 4.34. The molecule has 0 bridgehead atoms. The Kier molecular flexibility index (Phi) is 5.27. The predicted octanol–water partition coefficient (Wildman–Crippen LogP) is 0.0368. The highest BCUT2D eigenvalue weighted by Gasteiger charge is 2.26. The van der Waals surface area contributed by atoms with Crippen molar-refractivity contribution in [1.82, 2.24) is 9.03 Å². The van der Waals surface area contributed by atoms with Crippen LogP contribution in [-0.4, -0.2) is 51.5 Å². The number of carbonyl (C=O) groups excluding carboxylic acids is 1. The standard InChI is InChI=1S/C12H14F2N2O5S/c13-10-2-1-9(7-11(10)14)21-8-12(17)15-22(18,19)16-3-5-20-6-4-16/h1-2,7H,3-6,8H2,(H,15,17). The number of hydrogen-bond acceptors (Lipinski definition) is 5. The van der Waals surface area contributed by atoms with Crippen LogP contribution in [0.1, 0.15) is 0 Å². The Morgan fingerprint density at radius 3 is 2.59 bits per heavy atom. The number of ether oxygens (including phenoxy) is 2. The fraction of sp³-hybridized carbons (Fsp3) is 0.417. The van der Waals surface area contributed by atoms with Crippen LogP contribution in [0.15, 0.2) is 18.2 Å². The van der Waals surface area contributed by atoms with Gasteiger partial charge in [0.1, 0.15) is 5.75 Å². The minimum absolute atomic E-state index is 0.0854. The number of carbonyl (C=O) groups is 1. The summed E-state index contributed by atoms with van der Waals surface area (Å²) < 4.78 is 62.3. The fourth-order valence-electron chi connectivity index (χ4n) is 1.74. The second kappa shape index (κ2) is 6.99. The number of amides is 1. The van der Waals surface area contributed by atoms with Crippen molar-refractivity contribution in [3.8, 4) is 5.75 Å². The van der Waals surface area contributed by atoms with Crippen LogP contribution in [0.2, 0.25) is 0 Å². The molecule has 1 aliphatic heterocycles. The van der Waals surface area contributed by atoms with Crippen LogP contribution in [0, 0.1) is 11.6 Å². The average molecular weight is 336 g/mol. The lowest BCUT2D eigenvalue weighted by Gasteiger charge is -2.25. The number of halogens is 2. The lowest BCUT2D eigenvalue weighted by atomic mass is 10.3. The van der Waals surface area contributed by atoms with Crippen LogP contribution >= 0.6 is 0 Å². The van der Waals surface area contributed by atoms with E-state index in [0.717, 1.165) is 22.5 Å². The molecule has 1 fully saturated rings. The van der Waals surface area contributed by atoms with E-state index in [9.17, 15) is 22.0 Å². The Balaban J connectivity index is 1.88. The molecule has 1 saturated heterocycles. The number of rotatable bonds is 5. The van der Waals surface area contributed by atoms with Crippen molar-refractivity contribution in [1.29, 1.82) is 0 Å². The van der Waals surface area contributed by atoms with Gasteiger partial charge in [-0.2, -0.15) is 12.7 Å². The molecule has 0 atom stereocenters. The molecule has 0 saturated carbocycles. The number of benzene rings is 1. The molecule has 2 rings (SSSR count). The van der Waals surface area contributed by atoms with Crippen molar-refractivity contribution in [2.24, 2.45) is 0 Å². The van der Waals surface area contributed by atoms with Gasteiger partial charge in [0.05, 0.1) is 13.2 Å². The summed E-state index contributed by atoms with van der Waals surface area (Å²) in [7, 11) is -3.96. The number of nitrogens with one attached hydrogen (secondary N) is 1. The maximum Gasteiger partial charge on any atom is 0.304 e. The molecular weight excluding hydrogens is 322 g/mol. The Morgan fingerprint density at radius 2 is 1.95 bits per heavy atom. The van der Waals surface area contributed by atoms with Crippen molar-refractivity contribution >= 4 is 16.1 Å². The van der Waals surface area contributed by atoms with Crippen molar-refractivity contribution in [2.45, 2.75) is 0 Å². The summed E-state index contributed by atoms with van der Waals surface area (Å²) >= 11 is 0. The zero-order valence-corrected chi connectivity index (χ0v) is 12.2. The van der Waals surface area contributed by atoms with Crippen LogP contribution < -0.4 is 9.46 Å². The molecule has 7 nitrogen and oxygen atoms in total. The van der Waals surface area contributed by atoms with E-state index in [1.807, 2.05) is 4.72 Å². The lowest BCUT2D eigenvalue weighted by Crippen LogP contribution is -2.49. The zero-order chi connectivity index (χ0) is 16.2. The Labute approximate surface area is 126 Å². The largest absolute Gasteiger partial charge is 0.484 e. The monoisotopic (exact) mass is 336 g/mol. The van der Waals surface area contributed by atoms with E-state index < -0.39 is 34.4 Å². The molecule has 0 radical (unpaired) electrons. The molecule has 1 aromatic carbocycles. The Morgan fingerprint density at radius 1 is 1.27 bits per heavy atom. The van der Waals surface area contributed by atoms with Gasteiger partial charge in [-0.15, -0.1) is 0 Å². The maximum atomic E-state index is 12.9. The summed E-state index contributed by atoms with van der Waals surface area (Å²) in [5.74, 6) is -3.18. The first-order chi connectivity index (χ1) is 10.4. The van der Waals surface area contributed by atoms with Crippen molar-refractivity contribution < 1.29 is 31.5 Å². The van der Waals surface area contributed by atoms with E-state index >= 15 is 0 Å². The summed E-state index contributed by atoms with van der Waals surface area (Å²) in [6, 6.07) is 2.73. The maximum absolute atomic E-state index is 12.9. The highest BCUT2D eigenvalue weighted by molar-refractivity contribution is 7.87. The molecule has 22 heavy (non-hydrogen) atoms. The van der Waals surface area contributed by atoms with Crippen LogP contribution in [0.25, 0.3) is 0 Å². The summed E-state index contributed by atoms with van der Waals surface area (Å²) in [6.07, 6.45) is 0. The third kappa shape index (κ3) is 4.36. The molecule has 1 amide bonds. The summed E-state index contributed by atoms with van der Waals surface area (Å²) in [6.45, 7) is 0.148. The van der Waals surface area contributed by atoms with Crippen LogP contribution in [0.5, 0.6) is 5.75 Å². The van der Waals surface area contributed by atoms with E-state index in [4.69, 9.17) is 9.47 Å². The molecule has 0 aliphatic carbocycles. The van der Waals surface area contributed by atoms with Gasteiger partial charge in [-0.05, 0) is 12.1 Å². The van der Waals surface area contributed by atoms with Gasteiger partial charge >= 0.3 is 10.2 Å². The third-order valence-electron chi connectivity index (χ3n) is 2.81. The Hall–Kier alpha value is -1.78. The summed E-state index contributed by atoms with van der Waals surface area (Å²) in [4.78, 5) is 11.6. The summed E-state index contributed by atoms with van der Waals surface area (Å²) in [5.41, 5.74) is 0. The number of nitrogens with zero attached hydrogens (tertiary/aromatic N) is 1. The molecule has 0 aromatic heterocycles. The van der Waals surface area contributed by atoms with Crippen molar-refractivity contribution in [3.05, 3.63) is 29.8 Å².